The highest BCUT2D eigenvalue weighted by molar-refractivity contribution is 8.15. The van der Waals surface area contributed by atoms with E-state index in [1.165, 1.54) is 0 Å². The molecule has 2 atom stereocenters. The maximum atomic E-state index is 11.1. The van der Waals surface area contributed by atoms with Gasteiger partial charge in [0.05, 0.1) is 22.8 Å². The van der Waals surface area contributed by atoms with Crippen molar-refractivity contribution in [2.24, 2.45) is 0 Å². The zero-order valence-corrected chi connectivity index (χ0v) is 9.72. The third kappa shape index (κ3) is 3.31. The van der Waals surface area contributed by atoms with Crippen molar-refractivity contribution in [3.63, 3.8) is 0 Å². The standard InChI is InChI=1S/C6H8Cl2O3S2/c7-1-6(9)12-5-3-13(10,11)2-4(5)8/h4-5H,1-3H2. The highest BCUT2D eigenvalue weighted by Crippen LogP contribution is 2.29. The predicted molar refractivity (Wildman–Crippen MR) is 55.4 cm³/mol. The number of carbonyl (C=O) groups is 1. The van der Waals surface area contributed by atoms with Gasteiger partial charge in [-0.05, 0) is 0 Å². The van der Waals surface area contributed by atoms with E-state index in [1.807, 2.05) is 0 Å². The van der Waals surface area contributed by atoms with E-state index >= 15 is 0 Å². The lowest BCUT2D eigenvalue weighted by molar-refractivity contribution is -0.108. The first kappa shape index (κ1) is 11.6. The summed E-state index contributed by atoms with van der Waals surface area (Å²) in [6.07, 6.45) is 0. The van der Waals surface area contributed by atoms with Crippen molar-refractivity contribution in [2.45, 2.75) is 10.6 Å². The zero-order valence-electron chi connectivity index (χ0n) is 6.57. The van der Waals surface area contributed by atoms with Crippen LogP contribution in [0.25, 0.3) is 0 Å². The molecule has 13 heavy (non-hydrogen) atoms. The van der Waals surface area contributed by atoms with Crippen LogP contribution in [0.1, 0.15) is 0 Å². The summed E-state index contributed by atoms with van der Waals surface area (Å²) < 4.78 is 22.2. The summed E-state index contributed by atoms with van der Waals surface area (Å²) in [5.74, 6) is -0.166. The lowest BCUT2D eigenvalue weighted by Crippen LogP contribution is -2.17. The maximum absolute atomic E-state index is 11.1. The van der Waals surface area contributed by atoms with Crippen LogP contribution < -0.4 is 0 Å². The maximum Gasteiger partial charge on any atom is 0.204 e. The second-order valence-corrected chi connectivity index (χ2v) is 7.03. The van der Waals surface area contributed by atoms with E-state index < -0.39 is 15.2 Å². The van der Waals surface area contributed by atoms with Crippen LogP contribution in [0, 0.1) is 0 Å². The summed E-state index contributed by atoms with van der Waals surface area (Å²) in [6, 6.07) is 0. The summed E-state index contributed by atoms with van der Waals surface area (Å²) in [4.78, 5) is 10.9. The first-order valence-electron chi connectivity index (χ1n) is 3.54. The van der Waals surface area contributed by atoms with Gasteiger partial charge in [-0.15, -0.1) is 23.2 Å². The van der Waals surface area contributed by atoms with E-state index in [0.29, 0.717) is 0 Å². The van der Waals surface area contributed by atoms with Crippen LogP contribution in [-0.4, -0.2) is 41.5 Å². The second-order valence-electron chi connectivity index (χ2n) is 2.75. The van der Waals surface area contributed by atoms with Crippen LogP contribution in [0.15, 0.2) is 0 Å². The largest absolute Gasteiger partial charge is 0.286 e. The van der Waals surface area contributed by atoms with Gasteiger partial charge < -0.3 is 0 Å². The van der Waals surface area contributed by atoms with Gasteiger partial charge in [0.2, 0.25) is 5.12 Å². The molecule has 0 aromatic rings. The molecule has 0 saturated carbocycles. The lowest BCUT2D eigenvalue weighted by atomic mass is 10.4. The third-order valence-electron chi connectivity index (χ3n) is 1.63. The topological polar surface area (TPSA) is 51.2 Å². The number of hydrogen-bond donors (Lipinski definition) is 0. The van der Waals surface area contributed by atoms with Gasteiger partial charge in [-0.1, -0.05) is 11.8 Å². The van der Waals surface area contributed by atoms with E-state index in [4.69, 9.17) is 23.2 Å². The average Bonchev–Trinajstić information content (AvgIpc) is 2.24. The Morgan fingerprint density at radius 1 is 1.46 bits per heavy atom. The van der Waals surface area contributed by atoms with Gasteiger partial charge in [0.15, 0.2) is 9.84 Å². The summed E-state index contributed by atoms with van der Waals surface area (Å²) >= 11 is 12.0. The Morgan fingerprint density at radius 2 is 2.08 bits per heavy atom. The molecule has 7 heteroatoms. The first-order chi connectivity index (χ1) is 5.94. The number of hydrogen-bond acceptors (Lipinski definition) is 4. The van der Waals surface area contributed by atoms with Gasteiger partial charge in [-0.25, -0.2) is 8.42 Å². The van der Waals surface area contributed by atoms with Gasteiger partial charge in [-0.2, -0.15) is 0 Å². The van der Waals surface area contributed by atoms with E-state index in [1.54, 1.807) is 0 Å². The molecule has 2 unspecified atom stereocenters. The number of sulfone groups is 1. The monoisotopic (exact) mass is 262 g/mol. The number of alkyl halides is 2. The van der Waals surface area contributed by atoms with Crippen molar-refractivity contribution in [2.75, 3.05) is 17.4 Å². The fraction of sp³-hybridized carbons (Fsp3) is 0.833. The molecule has 1 fully saturated rings. The summed E-state index contributed by atoms with van der Waals surface area (Å²) in [5.41, 5.74) is 0. The highest BCUT2D eigenvalue weighted by Gasteiger charge is 2.37. The molecular weight excluding hydrogens is 255 g/mol. The van der Waals surface area contributed by atoms with Gasteiger partial charge in [-0.3, -0.25) is 4.79 Å². The zero-order chi connectivity index (χ0) is 10.1. The van der Waals surface area contributed by atoms with Crippen LogP contribution in [-0.2, 0) is 14.6 Å². The molecule has 0 aromatic carbocycles. The van der Waals surface area contributed by atoms with Crippen molar-refractivity contribution in [3.05, 3.63) is 0 Å². The molecule has 0 aliphatic carbocycles. The average molecular weight is 263 g/mol. The van der Waals surface area contributed by atoms with Gasteiger partial charge in [0, 0.05) is 5.25 Å². The number of thioether (sulfide) groups is 1. The minimum absolute atomic E-state index is 0.0194. The molecule has 3 nitrogen and oxygen atoms in total. The van der Waals surface area contributed by atoms with Crippen LogP contribution in [0.3, 0.4) is 0 Å². The smallest absolute Gasteiger partial charge is 0.204 e. The fourth-order valence-electron chi connectivity index (χ4n) is 1.08. The number of halogens is 2. The van der Waals surface area contributed by atoms with E-state index in [9.17, 15) is 13.2 Å². The van der Waals surface area contributed by atoms with Crippen molar-refractivity contribution >= 4 is 49.9 Å². The molecule has 1 saturated heterocycles. The molecule has 0 amide bonds. The molecule has 0 radical (unpaired) electrons. The summed E-state index contributed by atoms with van der Waals surface area (Å²) in [5, 5.41) is -1.03. The highest BCUT2D eigenvalue weighted by atomic mass is 35.5. The Kier molecular flexibility index (Phi) is 3.92. The number of rotatable bonds is 2. The van der Waals surface area contributed by atoms with Gasteiger partial charge >= 0.3 is 0 Å². The third-order valence-corrected chi connectivity index (χ3v) is 5.97. The van der Waals surface area contributed by atoms with Crippen LogP contribution >= 0.6 is 35.0 Å². The molecule has 76 valence electrons. The van der Waals surface area contributed by atoms with Crippen molar-refractivity contribution in [1.82, 2.24) is 0 Å². The molecule has 1 rings (SSSR count). The Morgan fingerprint density at radius 3 is 2.46 bits per heavy atom. The molecular formula is C6H8Cl2O3S2. The summed E-state index contributed by atoms with van der Waals surface area (Å²) in [7, 11) is -3.05. The Balaban J connectivity index is 2.59. The molecule has 0 bridgehead atoms. The summed E-state index contributed by atoms with van der Waals surface area (Å²) in [6.45, 7) is 0. The van der Waals surface area contributed by atoms with E-state index in [2.05, 4.69) is 0 Å². The SMILES string of the molecule is O=C(CCl)SC1CS(=O)(=O)CC1Cl. The van der Waals surface area contributed by atoms with E-state index in [-0.39, 0.29) is 27.8 Å². The minimum atomic E-state index is -3.05. The number of carbonyl (C=O) groups excluding carboxylic acids is 1. The van der Waals surface area contributed by atoms with Crippen molar-refractivity contribution < 1.29 is 13.2 Å². The van der Waals surface area contributed by atoms with Crippen LogP contribution in [0.2, 0.25) is 0 Å². The minimum Gasteiger partial charge on any atom is -0.286 e. The van der Waals surface area contributed by atoms with Crippen LogP contribution in [0.4, 0.5) is 0 Å². The van der Waals surface area contributed by atoms with Crippen molar-refractivity contribution in [3.8, 4) is 0 Å². The Bertz CT molecular complexity index is 301. The molecule has 1 heterocycles. The first-order valence-corrected chi connectivity index (χ1v) is 7.22. The molecule has 0 aromatic heterocycles. The fourth-order valence-corrected chi connectivity index (χ4v) is 5.44. The molecule has 0 spiro atoms. The normalized spacial score (nSPS) is 31.8. The molecule has 1 aliphatic heterocycles. The predicted octanol–water partition coefficient (Wildman–Crippen LogP) is 0.889. The van der Waals surface area contributed by atoms with Gasteiger partial charge in [0.25, 0.3) is 0 Å². The molecule has 1 aliphatic rings. The lowest BCUT2D eigenvalue weighted by Gasteiger charge is -2.07. The quantitative estimate of drug-likeness (QED) is 0.694. The Labute approximate surface area is 91.1 Å². The van der Waals surface area contributed by atoms with Gasteiger partial charge in [0.1, 0.15) is 0 Å². The Hall–Kier alpha value is 0.550. The van der Waals surface area contributed by atoms with Crippen LogP contribution in [0.5, 0.6) is 0 Å². The second kappa shape index (κ2) is 4.38. The van der Waals surface area contributed by atoms with E-state index in [0.717, 1.165) is 11.8 Å². The van der Waals surface area contributed by atoms with Crippen molar-refractivity contribution in [1.29, 1.82) is 0 Å². The molecule has 0 N–H and O–H groups in total.